The summed E-state index contributed by atoms with van der Waals surface area (Å²) >= 11 is 1.49. The topological polar surface area (TPSA) is 56.1 Å². The fourth-order valence-corrected chi connectivity index (χ4v) is 4.58. The lowest BCUT2D eigenvalue weighted by Gasteiger charge is -2.26. The van der Waals surface area contributed by atoms with E-state index in [0.717, 1.165) is 41.5 Å². The van der Waals surface area contributed by atoms with Crippen molar-refractivity contribution in [3.63, 3.8) is 0 Å². The van der Waals surface area contributed by atoms with Gasteiger partial charge in [0.25, 0.3) is 5.56 Å². The van der Waals surface area contributed by atoms with Crippen LogP contribution in [0.1, 0.15) is 30.1 Å². The Labute approximate surface area is 154 Å². The highest BCUT2D eigenvalue weighted by Gasteiger charge is 2.28. The molecule has 6 nitrogen and oxygen atoms in total. The van der Waals surface area contributed by atoms with Crippen molar-refractivity contribution in [2.24, 2.45) is 0 Å². The first-order valence-electron chi connectivity index (χ1n) is 8.87. The van der Waals surface area contributed by atoms with Crippen molar-refractivity contribution in [1.82, 2.24) is 14.3 Å². The van der Waals surface area contributed by atoms with Crippen molar-refractivity contribution in [2.75, 3.05) is 19.8 Å². The van der Waals surface area contributed by atoms with Gasteiger partial charge in [0.15, 0.2) is 16.5 Å². The van der Waals surface area contributed by atoms with Crippen LogP contribution in [-0.4, -0.2) is 34.0 Å². The first kappa shape index (κ1) is 15.8. The molecule has 1 saturated heterocycles. The number of ether oxygens (including phenoxy) is 2. The summed E-state index contributed by atoms with van der Waals surface area (Å²) in [5, 5.41) is 1.89. The second kappa shape index (κ2) is 6.41. The Balaban J connectivity index is 1.42. The van der Waals surface area contributed by atoms with Crippen molar-refractivity contribution in [3.8, 4) is 11.5 Å². The molecule has 1 fully saturated rings. The van der Waals surface area contributed by atoms with Crippen molar-refractivity contribution in [2.45, 2.75) is 25.4 Å². The van der Waals surface area contributed by atoms with Crippen molar-refractivity contribution in [3.05, 3.63) is 57.5 Å². The molecule has 0 unspecified atom stereocenters. The Morgan fingerprint density at radius 3 is 3.00 bits per heavy atom. The normalized spacial score (nSPS) is 19.9. The minimum atomic E-state index is -0.0127. The maximum atomic E-state index is 12.2. The van der Waals surface area contributed by atoms with E-state index in [1.165, 1.54) is 16.9 Å². The lowest BCUT2D eigenvalue weighted by Crippen LogP contribution is -2.25. The summed E-state index contributed by atoms with van der Waals surface area (Å²) in [4.78, 5) is 20.0. The molecule has 3 aromatic rings. The summed E-state index contributed by atoms with van der Waals surface area (Å²) in [6.07, 6.45) is 4.01. The highest BCUT2D eigenvalue weighted by Crippen LogP contribution is 2.38. The molecule has 0 amide bonds. The Bertz CT molecular complexity index is 1010. The third kappa shape index (κ3) is 2.77. The summed E-state index contributed by atoms with van der Waals surface area (Å²) in [6.45, 7) is 2.89. The highest BCUT2D eigenvalue weighted by molar-refractivity contribution is 7.15. The summed E-state index contributed by atoms with van der Waals surface area (Å²) in [7, 11) is 0. The Morgan fingerprint density at radius 1 is 1.19 bits per heavy atom. The molecule has 7 heteroatoms. The Morgan fingerprint density at radius 2 is 2.08 bits per heavy atom. The highest BCUT2D eigenvalue weighted by atomic mass is 32.1. The monoisotopic (exact) mass is 369 g/mol. The van der Waals surface area contributed by atoms with Gasteiger partial charge in [-0.2, -0.15) is 0 Å². The molecule has 5 rings (SSSR count). The van der Waals surface area contributed by atoms with E-state index in [9.17, 15) is 4.79 Å². The second-order valence-corrected chi connectivity index (χ2v) is 7.55. The van der Waals surface area contributed by atoms with Crippen LogP contribution in [0.5, 0.6) is 11.5 Å². The predicted octanol–water partition coefficient (Wildman–Crippen LogP) is 2.86. The molecule has 1 atom stereocenters. The summed E-state index contributed by atoms with van der Waals surface area (Å²) in [6, 6.07) is 8.19. The molecular formula is C19H19N3O3S. The van der Waals surface area contributed by atoms with Gasteiger partial charge >= 0.3 is 0 Å². The number of thiazole rings is 1. The number of likely N-dealkylation sites (tertiary alicyclic amines) is 1. The molecule has 0 saturated carbocycles. The molecule has 0 radical (unpaired) electrons. The van der Waals surface area contributed by atoms with Gasteiger partial charge in [-0.15, -0.1) is 11.3 Å². The van der Waals surface area contributed by atoms with E-state index in [1.54, 1.807) is 16.7 Å². The zero-order valence-electron chi connectivity index (χ0n) is 14.3. The number of hydrogen-bond donors (Lipinski definition) is 0. The number of aromatic nitrogens is 2. The molecule has 1 aromatic carbocycles. The average Bonchev–Trinajstić information content (AvgIpc) is 3.31. The van der Waals surface area contributed by atoms with Crippen LogP contribution >= 0.6 is 11.3 Å². The molecule has 0 N–H and O–H groups in total. The molecule has 0 aliphatic carbocycles. The molecule has 0 spiro atoms. The first-order valence-corrected chi connectivity index (χ1v) is 9.75. The van der Waals surface area contributed by atoms with Gasteiger partial charge in [-0.25, -0.2) is 4.98 Å². The standard InChI is InChI=1S/C19H19N3O3S/c23-18-11-14(20-19-22(18)6-9-26-19)12-21-5-1-2-15(21)13-3-4-16-17(10-13)25-8-7-24-16/h3-4,6,9-11,15H,1-2,5,7-8,12H2/t15-/m0/s1. The lowest BCUT2D eigenvalue weighted by atomic mass is 10.0. The van der Waals surface area contributed by atoms with Crippen LogP contribution in [0.25, 0.3) is 4.96 Å². The number of fused-ring (bicyclic) bond motifs is 2. The minimum Gasteiger partial charge on any atom is -0.486 e. The van der Waals surface area contributed by atoms with Crippen LogP contribution < -0.4 is 15.0 Å². The SMILES string of the molecule is O=c1cc(CN2CCC[C@H]2c2ccc3c(c2)OCCO3)nc2sccn12. The van der Waals surface area contributed by atoms with Gasteiger partial charge in [0.05, 0.1) is 5.69 Å². The van der Waals surface area contributed by atoms with E-state index in [0.29, 0.717) is 25.8 Å². The Hall–Kier alpha value is -2.38. The zero-order chi connectivity index (χ0) is 17.5. The number of nitrogens with zero attached hydrogens (tertiary/aromatic N) is 3. The van der Waals surface area contributed by atoms with Gasteiger partial charge < -0.3 is 9.47 Å². The van der Waals surface area contributed by atoms with Crippen LogP contribution in [0.15, 0.2) is 40.6 Å². The molecule has 4 heterocycles. The van der Waals surface area contributed by atoms with Gasteiger partial charge in [0, 0.05) is 30.2 Å². The van der Waals surface area contributed by atoms with Gasteiger partial charge in [0.2, 0.25) is 0 Å². The third-order valence-electron chi connectivity index (χ3n) is 5.04. The number of benzene rings is 1. The third-order valence-corrected chi connectivity index (χ3v) is 5.79. The van der Waals surface area contributed by atoms with Gasteiger partial charge in [0.1, 0.15) is 13.2 Å². The van der Waals surface area contributed by atoms with Gasteiger partial charge in [-0.1, -0.05) is 6.07 Å². The average molecular weight is 369 g/mol. The minimum absolute atomic E-state index is 0.0127. The lowest BCUT2D eigenvalue weighted by molar-refractivity contribution is 0.170. The number of rotatable bonds is 3. The maximum absolute atomic E-state index is 12.2. The molecule has 2 aromatic heterocycles. The van der Waals surface area contributed by atoms with Crippen LogP contribution in [0, 0.1) is 0 Å². The molecule has 26 heavy (non-hydrogen) atoms. The van der Waals surface area contributed by atoms with E-state index in [2.05, 4.69) is 22.0 Å². The fraction of sp³-hybridized carbons (Fsp3) is 0.368. The van der Waals surface area contributed by atoms with Crippen LogP contribution in [0.4, 0.5) is 0 Å². The molecule has 0 bridgehead atoms. The largest absolute Gasteiger partial charge is 0.486 e. The van der Waals surface area contributed by atoms with Crippen LogP contribution in [0.2, 0.25) is 0 Å². The van der Waals surface area contributed by atoms with E-state index < -0.39 is 0 Å². The quantitative estimate of drug-likeness (QED) is 0.711. The second-order valence-electron chi connectivity index (χ2n) is 6.67. The van der Waals surface area contributed by atoms with Crippen molar-refractivity contribution < 1.29 is 9.47 Å². The zero-order valence-corrected chi connectivity index (χ0v) is 15.1. The maximum Gasteiger partial charge on any atom is 0.258 e. The van der Waals surface area contributed by atoms with Crippen LogP contribution in [-0.2, 0) is 6.54 Å². The summed E-state index contributed by atoms with van der Waals surface area (Å²) in [5.74, 6) is 1.65. The van der Waals surface area contributed by atoms with E-state index in [-0.39, 0.29) is 5.56 Å². The first-order chi connectivity index (χ1) is 12.8. The number of hydrogen-bond acceptors (Lipinski definition) is 6. The van der Waals surface area contributed by atoms with E-state index in [4.69, 9.17) is 9.47 Å². The van der Waals surface area contributed by atoms with Crippen LogP contribution in [0.3, 0.4) is 0 Å². The molecule has 2 aliphatic rings. The van der Waals surface area contributed by atoms with Crippen molar-refractivity contribution >= 4 is 16.3 Å². The summed E-state index contributed by atoms with van der Waals surface area (Å²) in [5.41, 5.74) is 2.06. The molecule has 2 aliphatic heterocycles. The molecular weight excluding hydrogens is 350 g/mol. The molecule has 134 valence electrons. The van der Waals surface area contributed by atoms with Crippen molar-refractivity contribution in [1.29, 1.82) is 0 Å². The smallest absolute Gasteiger partial charge is 0.258 e. The van der Waals surface area contributed by atoms with Gasteiger partial charge in [-0.05, 0) is 37.1 Å². The van der Waals surface area contributed by atoms with E-state index in [1.807, 2.05) is 11.4 Å². The fourth-order valence-electron chi connectivity index (χ4n) is 3.84. The summed E-state index contributed by atoms with van der Waals surface area (Å²) < 4.78 is 13.0. The predicted molar refractivity (Wildman–Crippen MR) is 99.2 cm³/mol. The Kier molecular flexibility index (Phi) is 3.90. The van der Waals surface area contributed by atoms with E-state index >= 15 is 0 Å². The van der Waals surface area contributed by atoms with Gasteiger partial charge in [-0.3, -0.25) is 14.1 Å².